The van der Waals surface area contributed by atoms with Gasteiger partial charge in [-0.15, -0.1) is 0 Å². The summed E-state index contributed by atoms with van der Waals surface area (Å²) in [7, 11) is 0. The number of carbonyl (C=O) groups is 1. The smallest absolute Gasteiger partial charge is 0.248 e. The zero-order valence-corrected chi connectivity index (χ0v) is 8.73. The Morgan fingerprint density at radius 2 is 2.20 bits per heavy atom. The quantitative estimate of drug-likeness (QED) is 0.814. The van der Waals surface area contributed by atoms with Gasteiger partial charge in [-0.3, -0.25) is 4.79 Å². The van der Waals surface area contributed by atoms with Crippen LogP contribution in [0.1, 0.15) is 23.7 Å². The van der Waals surface area contributed by atoms with Gasteiger partial charge in [0.15, 0.2) is 0 Å². The van der Waals surface area contributed by atoms with Gasteiger partial charge in [-0.25, -0.2) is 0 Å². The van der Waals surface area contributed by atoms with Crippen LogP contribution in [0.3, 0.4) is 0 Å². The van der Waals surface area contributed by atoms with Gasteiger partial charge in [-0.05, 0) is 30.0 Å². The third kappa shape index (κ3) is 1.73. The Balaban J connectivity index is 2.56. The molecule has 0 saturated heterocycles. The topological polar surface area (TPSA) is 48.0 Å². The third-order valence-corrected chi connectivity index (χ3v) is 2.52. The molecule has 0 atom stereocenters. The average molecular weight is 202 g/mol. The van der Waals surface area contributed by atoms with Gasteiger partial charge in [0.1, 0.15) is 0 Å². The molecule has 0 radical (unpaired) electrons. The minimum absolute atomic E-state index is 0.374. The fourth-order valence-electron chi connectivity index (χ4n) is 1.77. The molecule has 3 nitrogen and oxygen atoms in total. The molecule has 0 bridgehead atoms. The molecule has 0 saturated carbocycles. The summed E-state index contributed by atoms with van der Waals surface area (Å²) in [5.41, 5.74) is 6.89. The molecule has 3 heteroatoms. The highest BCUT2D eigenvalue weighted by atomic mass is 16.1. The first kappa shape index (κ1) is 9.77. The Morgan fingerprint density at radius 1 is 1.40 bits per heavy atom. The number of fused-ring (bicyclic) bond motifs is 1. The van der Waals surface area contributed by atoms with Crippen LogP contribution >= 0.6 is 0 Å². The van der Waals surface area contributed by atoms with Crippen LogP contribution in [0.2, 0.25) is 0 Å². The molecule has 0 aliphatic rings. The van der Waals surface area contributed by atoms with Crippen LogP contribution < -0.4 is 5.73 Å². The maximum Gasteiger partial charge on any atom is 0.248 e. The van der Waals surface area contributed by atoms with Gasteiger partial charge in [0, 0.05) is 23.8 Å². The zero-order chi connectivity index (χ0) is 10.8. The standard InChI is InChI=1S/C12H14N2O/c1-2-6-14-7-5-9-3-4-10(12(13)15)8-11(9)14/h3-5,7-8H,2,6H2,1H3,(H2,13,15). The summed E-state index contributed by atoms with van der Waals surface area (Å²) >= 11 is 0. The SMILES string of the molecule is CCCn1ccc2ccc(C(N)=O)cc21. The fraction of sp³-hybridized carbons (Fsp3) is 0.250. The predicted molar refractivity (Wildman–Crippen MR) is 60.7 cm³/mol. The summed E-state index contributed by atoms with van der Waals surface area (Å²) in [6.45, 7) is 3.09. The number of carbonyl (C=O) groups excluding carboxylic acids is 1. The normalized spacial score (nSPS) is 10.7. The van der Waals surface area contributed by atoms with Gasteiger partial charge in [-0.1, -0.05) is 13.0 Å². The molecule has 0 unspecified atom stereocenters. The number of primary amides is 1. The van der Waals surface area contributed by atoms with Crippen molar-refractivity contribution in [3.63, 3.8) is 0 Å². The molecule has 78 valence electrons. The fourth-order valence-corrected chi connectivity index (χ4v) is 1.77. The van der Waals surface area contributed by atoms with Crippen LogP contribution in [-0.4, -0.2) is 10.5 Å². The second kappa shape index (κ2) is 3.77. The first-order valence-electron chi connectivity index (χ1n) is 5.11. The average Bonchev–Trinajstić information content (AvgIpc) is 2.61. The minimum Gasteiger partial charge on any atom is -0.366 e. The van der Waals surface area contributed by atoms with Crippen molar-refractivity contribution in [1.29, 1.82) is 0 Å². The number of hydrogen-bond donors (Lipinski definition) is 1. The molecule has 0 spiro atoms. The van der Waals surface area contributed by atoms with Crippen LogP contribution in [0.4, 0.5) is 0 Å². The van der Waals surface area contributed by atoms with E-state index in [1.165, 1.54) is 0 Å². The van der Waals surface area contributed by atoms with Gasteiger partial charge in [0.2, 0.25) is 5.91 Å². The maximum atomic E-state index is 11.0. The van der Waals surface area contributed by atoms with E-state index < -0.39 is 0 Å². The second-order valence-corrected chi connectivity index (χ2v) is 3.65. The van der Waals surface area contributed by atoms with Gasteiger partial charge in [0.05, 0.1) is 0 Å². The number of nitrogens with two attached hydrogens (primary N) is 1. The van der Waals surface area contributed by atoms with Crippen LogP contribution in [0.5, 0.6) is 0 Å². The molecule has 2 N–H and O–H groups in total. The van der Waals surface area contributed by atoms with Crippen LogP contribution in [0, 0.1) is 0 Å². The monoisotopic (exact) mass is 202 g/mol. The van der Waals surface area contributed by atoms with Gasteiger partial charge in [0.25, 0.3) is 0 Å². The molecule has 1 aromatic heterocycles. The highest BCUT2D eigenvalue weighted by Crippen LogP contribution is 2.17. The molecule has 2 aromatic rings. The third-order valence-electron chi connectivity index (χ3n) is 2.52. The second-order valence-electron chi connectivity index (χ2n) is 3.65. The molecule has 1 amide bonds. The summed E-state index contributed by atoms with van der Waals surface area (Å²) in [5.74, 6) is -0.374. The molecule has 15 heavy (non-hydrogen) atoms. The molecular formula is C12H14N2O. The van der Waals surface area contributed by atoms with Gasteiger partial charge < -0.3 is 10.3 Å². The number of hydrogen-bond acceptors (Lipinski definition) is 1. The van der Waals surface area contributed by atoms with Gasteiger partial charge >= 0.3 is 0 Å². The minimum atomic E-state index is -0.374. The summed E-state index contributed by atoms with van der Waals surface area (Å²) < 4.78 is 2.14. The highest BCUT2D eigenvalue weighted by molar-refractivity contribution is 5.96. The first-order chi connectivity index (χ1) is 7.22. The van der Waals surface area contributed by atoms with E-state index in [9.17, 15) is 4.79 Å². The van der Waals surface area contributed by atoms with E-state index in [0.717, 1.165) is 23.9 Å². The molecule has 2 rings (SSSR count). The summed E-state index contributed by atoms with van der Waals surface area (Å²) in [6.07, 6.45) is 3.11. The largest absolute Gasteiger partial charge is 0.366 e. The van der Waals surface area contributed by atoms with E-state index in [2.05, 4.69) is 17.6 Å². The molecular weight excluding hydrogens is 188 g/mol. The highest BCUT2D eigenvalue weighted by Gasteiger charge is 2.04. The number of amides is 1. The number of nitrogens with zero attached hydrogens (tertiary/aromatic N) is 1. The summed E-state index contributed by atoms with van der Waals surface area (Å²) in [6, 6.07) is 7.60. The molecule has 0 fully saturated rings. The molecule has 1 aromatic carbocycles. The lowest BCUT2D eigenvalue weighted by Crippen LogP contribution is -2.10. The van der Waals surface area contributed by atoms with E-state index >= 15 is 0 Å². The van der Waals surface area contributed by atoms with E-state index in [0.29, 0.717) is 5.56 Å². The molecule has 1 heterocycles. The predicted octanol–water partition coefficient (Wildman–Crippen LogP) is 2.15. The Kier molecular flexibility index (Phi) is 2.46. The maximum absolute atomic E-state index is 11.0. The molecule has 0 aliphatic heterocycles. The van der Waals surface area contributed by atoms with Crippen molar-refractivity contribution in [3.8, 4) is 0 Å². The van der Waals surface area contributed by atoms with Crippen molar-refractivity contribution in [3.05, 3.63) is 36.0 Å². The van der Waals surface area contributed by atoms with Crippen molar-refractivity contribution in [2.45, 2.75) is 19.9 Å². The number of aryl methyl sites for hydroxylation is 1. The first-order valence-corrected chi connectivity index (χ1v) is 5.11. The van der Waals surface area contributed by atoms with Crippen LogP contribution in [-0.2, 0) is 6.54 Å². The lowest BCUT2D eigenvalue weighted by molar-refractivity contribution is 0.100. The zero-order valence-electron chi connectivity index (χ0n) is 8.73. The lowest BCUT2D eigenvalue weighted by Gasteiger charge is -2.03. The number of rotatable bonds is 3. The number of benzene rings is 1. The van der Waals surface area contributed by atoms with Crippen molar-refractivity contribution in [1.82, 2.24) is 4.57 Å². The Morgan fingerprint density at radius 3 is 2.87 bits per heavy atom. The van der Waals surface area contributed by atoms with Crippen molar-refractivity contribution >= 4 is 16.8 Å². The summed E-state index contributed by atoms with van der Waals surface area (Å²) in [4.78, 5) is 11.0. The van der Waals surface area contributed by atoms with Crippen LogP contribution in [0.15, 0.2) is 30.5 Å². The van der Waals surface area contributed by atoms with Crippen molar-refractivity contribution in [2.75, 3.05) is 0 Å². The Hall–Kier alpha value is -1.77. The Bertz CT molecular complexity index is 499. The van der Waals surface area contributed by atoms with Gasteiger partial charge in [-0.2, -0.15) is 0 Å². The van der Waals surface area contributed by atoms with Crippen LogP contribution in [0.25, 0.3) is 10.9 Å². The van der Waals surface area contributed by atoms with E-state index in [1.807, 2.05) is 18.3 Å². The van der Waals surface area contributed by atoms with E-state index in [1.54, 1.807) is 6.07 Å². The van der Waals surface area contributed by atoms with E-state index in [4.69, 9.17) is 5.73 Å². The molecule has 0 aliphatic carbocycles. The lowest BCUT2D eigenvalue weighted by atomic mass is 10.1. The van der Waals surface area contributed by atoms with Crippen molar-refractivity contribution < 1.29 is 4.79 Å². The van der Waals surface area contributed by atoms with Crippen molar-refractivity contribution in [2.24, 2.45) is 5.73 Å². The summed E-state index contributed by atoms with van der Waals surface area (Å²) in [5, 5.41) is 1.15. The van der Waals surface area contributed by atoms with E-state index in [-0.39, 0.29) is 5.91 Å². The Labute approximate surface area is 88.5 Å². The number of aromatic nitrogens is 1.